The number of rotatable bonds is 4. The molecule has 41 heavy (non-hydrogen) atoms. The fourth-order valence-corrected chi connectivity index (χ4v) is 5.16. The van der Waals surface area contributed by atoms with E-state index in [0.717, 1.165) is 90.3 Å². The van der Waals surface area contributed by atoms with Gasteiger partial charge in [0.25, 0.3) is 0 Å². The average molecular weight is 543 g/mol. The molecule has 8 heteroatoms. The molecule has 4 aromatic heterocycles. The summed E-state index contributed by atoms with van der Waals surface area (Å²) >= 11 is 0. The van der Waals surface area contributed by atoms with Crippen molar-refractivity contribution in [1.29, 1.82) is 0 Å². The maximum Gasteiger partial charge on any atom is 0.0972 e. The third-order valence-corrected chi connectivity index (χ3v) is 7.27. The number of hydrogen-bond acceptors (Lipinski definition) is 8. The zero-order chi connectivity index (χ0) is 27.7. The molecule has 4 bridgehead atoms. The first kappa shape index (κ1) is 26.8. The van der Waals surface area contributed by atoms with Gasteiger partial charge in [0.2, 0.25) is 0 Å². The van der Waals surface area contributed by atoms with Crippen LogP contribution in [0.25, 0.3) is 21.8 Å². The van der Waals surface area contributed by atoms with Crippen LogP contribution < -0.4 is 0 Å². The van der Waals surface area contributed by atoms with Crippen LogP contribution in [-0.4, -0.2) is 81.4 Å². The van der Waals surface area contributed by atoms with Gasteiger partial charge in [-0.05, 0) is 55.9 Å². The number of nitrogens with zero attached hydrogens (tertiary/aromatic N) is 8. The van der Waals surface area contributed by atoms with Crippen LogP contribution in [0.15, 0.2) is 95.2 Å². The summed E-state index contributed by atoms with van der Waals surface area (Å²) in [5, 5.41) is 2.13. The number of hydrogen-bond donors (Lipinski definition) is 0. The highest BCUT2D eigenvalue weighted by molar-refractivity contribution is 6.04. The highest BCUT2D eigenvalue weighted by Crippen LogP contribution is 2.22. The zero-order valence-electron chi connectivity index (χ0n) is 23.2. The number of pyridine rings is 4. The molecule has 0 radical (unpaired) electrons. The summed E-state index contributed by atoms with van der Waals surface area (Å²) in [5.41, 5.74) is 5.60. The van der Waals surface area contributed by atoms with Crippen LogP contribution in [-0.2, 0) is 13.1 Å². The molecule has 0 amide bonds. The van der Waals surface area contributed by atoms with Crippen molar-refractivity contribution in [3.63, 3.8) is 0 Å². The van der Waals surface area contributed by atoms with Crippen molar-refractivity contribution in [1.82, 2.24) is 29.7 Å². The lowest BCUT2D eigenvalue weighted by molar-refractivity contribution is 0.221. The van der Waals surface area contributed by atoms with Gasteiger partial charge in [-0.15, -0.1) is 0 Å². The second-order valence-corrected chi connectivity index (χ2v) is 10.3. The average Bonchev–Trinajstić information content (AvgIpc) is 3.01. The molecular weight excluding hydrogens is 508 g/mol. The van der Waals surface area contributed by atoms with Gasteiger partial charge in [-0.3, -0.25) is 29.8 Å². The predicted molar refractivity (Wildman–Crippen MR) is 166 cm³/mol. The van der Waals surface area contributed by atoms with Gasteiger partial charge in [-0.25, -0.2) is 9.97 Å². The van der Waals surface area contributed by atoms with E-state index in [1.807, 2.05) is 61.2 Å². The Kier molecular flexibility index (Phi) is 8.70. The number of fused-ring (bicyclic) bond motifs is 2. The highest BCUT2D eigenvalue weighted by atomic mass is 15.2. The molecular formula is C33H34N8. The van der Waals surface area contributed by atoms with Gasteiger partial charge in [0.05, 0.1) is 46.9 Å². The minimum absolute atomic E-state index is 0.690. The molecule has 0 saturated heterocycles. The van der Waals surface area contributed by atoms with Gasteiger partial charge in [-0.1, -0.05) is 36.4 Å². The monoisotopic (exact) mass is 542 g/mol. The first-order chi connectivity index (χ1) is 20.3. The number of benzene rings is 1. The topological polar surface area (TPSA) is 82.8 Å². The molecule has 0 atom stereocenters. The normalized spacial score (nSPS) is 15.9. The quantitative estimate of drug-likeness (QED) is 0.303. The second kappa shape index (κ2) is 13.3. The smallest absolute Gasteiger partial charge is 0.0972 e. The fraction of sp³-hybridized carbons (Fsp3) is 0.273. The molecule has 1 aromatic carbocycles. The van der Waals surface area contributed by atoms with Crippen LogP contribution in [0.2, 0.25) is 0 Å². The van der Waals surface area contributed by atoms with E-state index in [1.54, 1.807) is 0 Å². The van der Waals surface area contributed by atoms with Crippen molar-refractivity contribution in [3.05, 3.63) is 108 Å². The third-order valence-electron chi connectivity index (χ3n) is 7.27. The lowest BCUT2D eigenvalue weighted by atomic mass is 10.1. The summed E-state index contributed by atoms with van der Waals surface area (Å²) in [4.78, 5) is 33.4. The molecule has 0 N–H and O–H groups in total. The summed E-state index contributed by atoms with van der Waals surface area (Å²) in [6.45, 7) is 6.58. The van der Waals surface area contributed by atoms with E-state index < -0.39 is 0 Å². The molecule has 0 unspecified atom stereocenters. The summed E-state index contributed by atoms with van der Waals surface area (Å²) in [5.74, 6) is 0. The molecule has 206 valence electrons. The lowest BCUT2D eigenvalue weighted by Gasteiger charge is -2.25. The molecule has 5 heterocycles. The van der Waals surface area contributed by atoms with E-state index in [-0.39, 0.29) is 0 Å². The van der Waals surface area contributed by atoms with Crippen LogP contribution in [0.1, 0.15) is 29.2 Å². The van der Waals surface area contributed by atoms with E-state index in [1.165, 1.54) is 0 Å². The number of aromatic nitrogens is 4. The molecule has 0 aliphatic carbocycles. The van der Waals surface area contributed by atoms with E-state index in [2.05, 4.69) is 56.2 Å². The summed E-state index contributed by atoms with van der Waals surface area (Å²) in [7, 11) is 0. The highest BCUT2D eigenvalue weighted by Gasteiger charge is 2.11. The Morgan fingerprint density at radius 2 is 1.02 bits per heavy atom. The van der Waals surface area contributed by atoms with Crippen LogP contribution in [0.3, 0.4) is 0 Å². The van der Waals surface area contributed by atoms with Crippen molar-refractivity contribution in [2.24, 2.45) is 9.98 Å². The molecule has 1 aliphatic rings. The van der Waals surface area contributed by atoms with Gasteiger partial charge in [-0.2, -0.15) is 0 Å². The van der Waals surface area contributed by atoms with Crippen molar-refractivity contribution in [2.45, 2.75) is 19.5 Å². The van der Waals surface area contributed by atoms with Gasteiger partial charge >= 0.3 is 0 Å². The van der Waals surface area contributed by atoms with Crippen LogP contribution >= 0.6 is 0 Å². The molecule has 6 rings (SSSR count). The molecule has 0 spiro atoms. The molecule has 8 nitrogen and oxygen atoms in total. The van der Waals surface area contributed by atoms with Gasteiger partial charge in [0, 0.05) is 61.8 Å². The first-order valence-electron chi connectivity index (χ1n) is 14.2. The van der Waals surface area contributed by atoms with Crippen molar-refractivity contribution >= 4 is 34.2 Å². The Morgan fingerprint density at radius 3 is 1.49 bits per heavy atom. The van der Waals surface area contributed by atoms with E-state index in [4.69, 9.17) is 20.0 Å². The number of aliphatic imine (C=N–C) groups is 2. The minimum atomic E-state index is 0.690. The Labute approximate surface area is 240 Å². The minimum Gasteiger partial charge on any atom is -0.296 e. The summed E-state index contributed by atoms with van der Waals surface area (Å²) in [6.07, 6.45) is 8.51. The van der Waals surface area contributed by atoms with Gasteiger partial charge in [0.1, 0.15) is 0 Å². The Balaban J connectivity index is 1.28. The van der Waals surface area contributed by atoms with Crippen molar-refractivity contribution < 1.29 is 0 Å². The van der Waals surface area contributed by atoms with Crippen LogP contribution in [0, 0.1) is 0 Å². The fourth-order valence-electron chi connectivity index (χ4n) is 5.16. The largest absolute Gasteiger partial charge is 0.296 e. The maximum absolute atomic E-state index is 4.93. The van der Waals surface area contributed by atoms with E-state index in [0.29, 0.717) is 13.1 Å². The molecule has 1 aliphatic heterocycles. The summed E-state index contributed by atoms with van der Waals surface area (Å²) < 4.78 is 0. The van der Waals surface area contributed by atoms with Crippen LogP contribution in [0.4, 0.5) is 0 Å². The van der Waals surface area contributed by atoms with E-state index in [9.17, 15) is 0 Å². The SMILES string of the molecule is C1=NCCN(Cc2ccccn2)CCCN(Cc2ccccn2)CCN=Cc2ccc3ccc4ccc1nc4c3n2. The van der Waals surface area contributed by atoms with Crippen molar-refractivity contribution in [2.75, 3.05) is 39.3 Å². The molecule has 0 fully saturated rings. The molecule has 5 aromatic rings. The maximum atomic E-state index is 4.93. The van der Waals surface area contributed by atoms with E-state index >= 15 is 0 Å². The lowest BCUT2D eigenvalue weighted by Crippen LogP contribution is -2.32. The standard InChI is InChI=1S/C33H34N8/c1-3-14-36-30(6-1)24-40-18-5-19-41(25-31-7-2-4-15-37-31)21-17-35-23-29-13-11-27-9-8-26-10-12-28(22-34-16-20-40)38-32(26)33(27)39-29/h1-4,6-15,22-23H,5,16-21,24-25H2. The van der Waals surface area contributed by atoms with Crippen molar-refractivity contribution in [3.8, 4) is 0 Å². The first-order valence-corrected chi connectivity index (χ1v) is 14.2. The summed E-state index contributed by atoms with van der Waals surface area (Å²) in [6, 6.07) is 24.6. The van der Waals surface area contributed by atoms with Gasteiger partial charge < -0.3 is 0 Å². The van der Waals surface area contributed by atoms with Crippen LogP contribution in [0.5, 0.6) is 0 Å². The molecule has 0 saturated carbocycles. The zero-order valence-corrected chi connectivity index (χ0v) is 23.2. The predicted octanol–water partition coefficient (Wildman–Crippen LogP) is 4.82. The Morgan fingerprint density at radius 1 is 0.537 bits per heavy atom. The Bertz CT molecular complexity index is 1510. The Hall–Kier alpha value is -4.40. The third kappa shape index (κ3) is 7.22. The second-order valence-electron chi connectivity index (χ2n) is 10.3. The van der Waals surface area contributed by atoms with Gasteiger partial charge in [0.15, 0.2) is 0 Å².